The van der Waals surface area contributed by atoms with Crippen LogP contribution >= 0.6 is 7.82 Å². The molecule has 6 unspecified atom stereocenters. The van der Waals surface area contributed by atoms with E-state index in [4.69, 9.17) is 18.5 Å². The van der Waals surface area contributed by atoms with E-state index in [-0.39, 0.29) is 12.8 Å². The largest absolute Gasteiger partial charge is 0.472 e. The van der Waals surface area contributed by atoms with Gasteiger partial charge >= 0.3 is 19.8 Å². The summed E-state index contributed by atoms with van der Waals surface area (Å²) in [6, 6.07) is 0. The number of allylic oxidation sites excluding steroid dienone is 16. The topological polar surface area (TPSA) is 210 Å². The molecule has 1 rings (SSSR count). The van der Waals surface area contributed by atoms with E-state index in [1.807, 2.05) is 12.2 Å². The van der Waals surface area contributed by atoms with Gasteiger partial charge in [0.2, 0.25) is 0 Å². The van der Waals surface area contributed by atoms with Crippen LogP contribution in [0.2, 0.25) is 0 Å². The van der Waals surface area contributed by atoms with Gasteiger partial charge in [-0.15, -0.1) is 0 Å². The Kier molecular flexibility index (Phi) is 34.9. The first kappa shape index (κ1) is 57.8. The van der Waals surface area contributed by atoms with Crippen LogP contribution in [-0.4, -0.2) is 98.3 Å². The summed E-state index contributed by atoms with van der Waals surface area (Å²) in [6.07, 6.45) is 37.5. The number of hydrogen-bond donors (Lipinski definition) is 6. The van der Waals surface area contributed by atoms with Gasteiger partial charge in [0.05, 0.1) is 6.61 Å². The first-order valence-electron chi connectivity index (χ1n) is 23.0. The molecular formula is C49H79O13P. The lowest BCUT2D eigenvalue weighted by molar-refractivity contribution is -0.220. The number of aliphatic hydroxyl groups excluding tert-OH is 5. The van der Waals surface area contributed by atoms with Crippen LogP contribution < -0.4 is 0 Å². The highest BCUT2D eigenvalue weighted by Crippen LogP contribution is 2.47. The van der Waals surface area contributed by atoms with E-state index in [1.54, 1.807) is 0 Å². The average Bonchev–Trinajstić information content (AvgIpc) is 3.26. The Bertz CT molecular complexity index is 1470. The molecule has 0 spiro atoms. The van der Waals surface area contributed by atoms with E-state index >= 15 is 0 Å². The zero-order chi connectivity index (χ0) is 46.4. The third-order valence-electron chi connectivity index (χ3n) is 9.91. The molecule has 0 aromatic rings. The summed E-state index contributed by atoms with van der Waals surface area (Å²) in [5, 5.41) is 50.1. The minimum atomic E-state index is -5.14. The zero-order valence-electron chi connectivity index (χ0n) is 37.8. The van der Waals surface area contributed by atoms with Crippen molar-refractivity contribution in [1.29, 1.82) is 0 Å². The number of esters is 2. The molecule has 14 heteroatoms. The van der Waals surface area contributed by atoms with Gasteiger partial charge in [-0.3, -0.25) is 18.6 Å². The van der Waals surface area contributed by atoms with Crippen LogP contribution in [0.3, 0.4) is 0 Å². The minimum Gasteiger partial charge on any atom is -0.462 e. The number of phosphoric ester groups is 1. The maximum atomic E-state index is 12.8. The minimum absolute atomic E-state index is 0.0528. The van der Waals surface area contributed by atoms with Gasteiger partial charge in [0, 0.05) is 12.8 Å². The predicted octanol–water partition coefficient (Wildman–Crippen LogP) is 9.05. The monoisotopic (exact) mass is 907 g/mol. The molecule has 1 aliphatic rings. The molecule has 0 heterocycles. The average molecular weight is 907 g/mol. The lowest BCUT2D eigenvalue weighted by Gasteiger charge is -2.41. The normalized spacial score (nSPS) is 22.6. The Morgan fingerprint density at radius 3 is 1.41 bits per heavy atom. The quantitative estimate of drug-likeness (QED) is 0.0150. The molecule has 0 aromatic heterocycles. The molecule has 0 aromatic carbocycles. The van der Waals surface area contributed by atoms with E-state index in [1.165, 1.54) is 19.3 Å². The third-order valence-corrected chi connectivity index (χ3v) is 10.9. The summed E-state index contributed by atoms with van der Waals surface area (Å²) in [7, 11) is -5.14. The number of carbonyl (C=O) groups is 2. The fourth-order valence-electron chi connectivity index (χ4n) is 6.21. The number of carbonyl (C=O) groups excluding carboxylic acids is 2. The molecule has 1 aliphatic carbocycles. The standard InChI is InChI=1S/C49H79O13P/c1-3-5-7-9-11-13-15-17-19-21-23-25-27-29-31-33-35-37-42(50)59-39-41(40-60-63(57,58)62-49-47(55)45(53)44(52)46(54)48(49)56)61-43(51)38-36-34-32-30-28-26-24-22-20-18-16-14-12-10-8-6-4-2/h5,7,11-14,17-20,23-26,29,31,41,44-49,52-56H,3-4,6,8-10,15-16,21-22,27-28,30,32-40H2,1-2H3,(H,57,58)/b7-5+,13-11+,14-12+,19-17+,20-18+,25-23+,26-24+,31-29+/t41-,44?,45-,46?,47?,48?,49?/m0/s1. The fourth-order valence-corrected chi connectivity index (χ4v) is 7.18. The zero-order valence-corrected chi connectivity index (χ0v) is 38.7. The molecule has 0 radical (unpaired) electrons. The van der Waals surface area contributed by atoms with E-state index in [9.17, 15) is 44.6 Å². The van der Waals surface area contributed by atoms with Crippen molar-refractivity contribution in [2.45, 2.75) is 185 Å². The Morgan fingerprint density at radius 2 is 0.921 bits per heavy atom. The summed E-state index contributed by atoms with van der Waals surface area (Å²) in [6.45, 7) is 3.07. The number of rotatable bonds is 36. The maximum Gasteiger partial charge on any atom is 0.472 e. The van der Waals surface area contributed by atoms with Crippen LogP contribution in [0, 0.1) is 0 Å². The number of ether oxygens (including phenoxy) is 2. The molecule has 0 bridgehead atoms. The lowest BCUT2D eigenvalue weighted by Crippen LogP contribution is -2.64. The molecule has 6 N–H and O–H groups in total. The van der Waals surface area contributed by atoms with Crippen molar-refractivity contribution in [1.82, 2.24) is 0 Å². The van der Waals surface area contributed by atoms with E-state index < -0.39 is 75.7 Å². The van der Waals surface area contributed by atoms with Gasteiger partial charge in [-0.25, -0.2) is 4.57 Å². The smallest absolute Gasteiger partial charge is 0.462 e. The summed E-state index contributed by atoms with van der Waals surface area (Å²) in [5.41, 5.74) is 0. The molecule has 0 amide bonds. The molecule has 1 fully saturated rings. The van der Waals surface area contributed by atoms with Gasteiger partial charge in [0.1, 0.15) is 43.2 Å². The summed E-state index contributed by atoms with van der Waals surface area (Å²) in [4.78, 5) is 35.7. The Hall–Kier alpha value is -3.23. The summed E-state index contributed by atoms with van der Waals surface area (Å²) < 4.78 is 33.4. The second-order valence-electron chi connectivity index (χ2n) is 15.5. The summed E-state index contributed by atoms with van der Waals surface area (Å²) >= 11 is 0. The van der Waals surface area contributed by atoms with Crippen molar-refractivity contribution in [3.63, 3.8) is 0 Å². The van der Waals surface area contributed by atoms with Crippen molar-refractivity contribution in [3.8, 4) is 0 Å². The molecule has 8 atom stereocenters. The van der Waals surface area contributed by atoms with E-state index in [2.05, 4.69) is 98.9 Å². The van der Waals surface area contributed by atoms with Gasteiger partial charge in [0.15, 0.2) is 6.10 Å². The van der Waals surface area contributed by atoms with Crippen LogP contribution in [0.4, 0.5) is 0 Å². The van der Waals surface area contributed by atoms with Crippen LogP contribution in [0.5, 0.6) is 0 Å². The first-order valence-corrected chi connectivity index (χ1v) is 24.5. The van der Waals surface area contributed by atoms with Crippen LogP contribution in [-0.2, 0) is 32.7 Å². The first-order chi connectivity index (χ1) is 30.4. The van der Waals surface area contributed by atoms with Gasteiger partial charge in [-0.05, 0) is 89.9 Å². The van der Waals surface area contributed by atoms with Crippen molar-refractivity contribution in [2.24, 2.45) is 0 Å². The lowest BCUT2D eigenvalue weighted by atomic mass is 9.85. The second-order valence-corrected chi connectivity index (χ2v) is 16.9. The third kappa shape index (κ3) is 30.5. The molecular weight excluding hydrogens is 827 g/mol. The number of hydrogen-bond acceptors (Lipinski definition) is 12. The molecule has 0 aliphatic heterocycles. The molecule has 358 valence electrons. The Morgan fingerprint density at radius 1 is 0.508 bits per heavy atom. The van der Waals surface area contributed by atoms with Gasteiger partial charge in [0.25, 0.3) is 0 Å². The fraction of sp³-hybridized carbons (Fsp3) is 0.633. The number of aliphatic hydroxyl groups is 5. The van der Waals surface area contributed by atoms with E-state index in [0.717, 1.165) is 77.0 Å². The van der Waals surface area contributed by atoms with Crippen molar-refractivity contribution >= 4 is 19.8 Å². The highest BCUT2D eigenvalue weighted by Gasteiger charge is 2.51. The van der Waals surface area contributed by atoms with Crippen LogP contribution in [0.25, 0.3) is 0 Å². The van der Waals surface area contributed by atoms with Gasteiger partial charge < -0.3 is 39.9 Å². The van der Waals surface area contributed by atoms with Crippen LogP contribution in [0.1, 0.15) is 142 Å². The summed E-state index contributed by atoms with van der Waals surface area (Å²) in [5.74, 6) is -1.20. The number of phosphoric acid groups is 1. The van der Waals surface area contributed by atoms with Crippen LogP contribution in [0.15, 0.2) is 97.2 Å². The highest BCUT2D eigenvalue weighted by molar-refractivity contribution is 7.47. The SMILES string of the molecule is CC/C=C/C/C=C/C/C=C/C/C=C/C/C=C/CCCC(=O)OC[C@@H](COP(=O)(O)OC1C(O)C(O)C(O)[C@H](O)C1O)OC(=O)CCCCCC/C=C/C/C=C/C/C=C/CCCCC. The number of unbranched alkanes of at least 4 members (excludes halogenated alkanes) is 8. The Balaban J connectivity index is 2.53. The molecule has 1 saturated carbocycles. The predicted molar refractivity (Wildman–Crippen MR) is 248 cm³/mol. The van der Waals surface area contributed by atoms with Crippen molar-refractivity contribution < 1.29 is 63.1 Å². The van der Waals surface area contributed by atoms with Gasteiger partial charge in [-0.2, -0.15) is 0 Å². The van der Waals surface area contributed by atoms with E-state index in [0.29, 0.717) is 19.3 Å². The van der Waals surface area contributed by atoms with Crippen molar-refractivity contribution in [2.75, 3.05) is 13.2 Å². The highest BCUT2D eigenvalue weighted by atomic mass is 31.2. The van der Waals surface area contributed by atoms with Crippen molar-refractivity contribution in [3.05, 3.63) is 97.2 Å². The molecule has 13 nitrogen and oxygen atoms in total. The van der Waals surface area contributed by atoms with Gasteiger partial charge in [-0.1, -0.05) is 137 Å². The second kappa shape index (κ2) is 38.1. The molecule has 63 heavy (non-hydrogen) atoms. The molecule has 0 saturated heterocycles. The Labute approximate surface area is 377 Å². The maximum absolute atomic E-state index is 12.8.